The van der Waals surface area contributed by atoms with Gasteiger partial charge in [-0.3, -0.25) is 4.57 Å². The molecule has 0 atom stereocenters. The quantitative estimate of drug-likeness (QED) is 0.558. The van der Waals surface area contributed by atoms with Crippen LogP contribution in [0.5, 0.6) is 5.75 Å². The average Bonchev–Trinajstić information content (AvgIpc) is 3.09. The number of aliphatic imine (C=N–C) groups is 1. The number of halogens is 2. The van der Waals surface area contributed by atoms with Crippen molar-refractivity contribution in [2.45, 2.75) is 33.4 Å². The fourth-order valence-electron chi connectivity index (χ4n) is 2.55. The van der Waals surface area contributed by atoms with E-state index in [1.807, 2.05) is 26.0 Å². The number of aromatic nitrogens is 2. The van der Waals surface area contributed by atoms with Crippen molar-refractivity contribution < 1.29 is 13.5 Å². The lowest BCUT2D eigenvalue weighted by molar-refractivity contribution is 0.0671. The fourth-order valence-corrected chi connectivity index (χ4v) is 2.55. The summed E-state index contributed by atoms with van der Waals surface area (Å²) in [6, 6.07) is 6.05. The van der Waals surface area contributed by atoms with E-state index in [9.17, 15) is 8.78 Å². The first kappa shape index (κ1) is 19.7. The van der Waals surface area contributed by atoms with Crippen molar-refractivity contribution in [3.05, 3.63) is 47.5 Å². The van der Waals surface area contributed by atoms with E-state index in [-0.39, 0.29) is 12.4 Å². The van der Waals surface area contributed by atoms with E-state index in [0.29, 0.717) is 19.0 Å². The van der Waals surface area contributed by atoms with Crippen LogP contribution in [0.3, 0.4) is 0 Å². The summed E-state index contributed by atoms with van der Waals surface area (Å²) in [4.78, 5) is 8.27. The van der Waals surface area contributed by atoms with Gasteiger partial charge in [-0.15, -0.1) is 0 Å². The standard InChI is InChI=1S/C18H25F2N5O/c1-4-21-18(24-12-16-22-9-10-25(16)17(19)20)23-8-7-14-11-13(2)5-6-15(14)26-3/h5-6,9-11,17H,4,7-8,12H2,1-3H3,(H2,21,23,24). The minimum atomic E-state index is -2.62. The zero-order chi connectivity index (χ0) is 18.9. The molecule has 0 saturated carbocycles. The molecule has 26 heavy (non-hydrogen) atoms. The fraction of sp³-hybridized carbons (Fsp3) is 0.444. The van der Waals surface area contributed by atoms with Gasteiger partial charge in [0, 0.05) is 25.5 Å². The van der Waals surface area contributed by atoms with Crippen LogP contribution in [-0.2, 0) is 13.0 Å². The molecular formula is C18H25F2N5O. The number of hydrogen-bond acceptors (Lipinski definition) is 3. The number of nitrogens with zero attached hydrogens (tertiary/aromatic N) is 3. The predicted octanol–water partition coefficient (Wildman–Crippen LogP) is 2.89. The Morgan fingerprint density at radius 1 is 1.35 bits per heavy atom. The summed E-state index contributed by atoms with van der Waals surface area (Å²) < 4.78 is 31.9. The number of ether oxygens (including phenoxy) is 1. The van der Waals surface area contributed by atoms with Gasteiger partial charge in [0.2, 0.25) is 0 Å². The molecule has 0 saturated heterocycles. The maximum absolute atomic E-state index is 12.9. The highest BCUT2D eigenvalue weighted by molar-refractivity contribution is 5.79. The first-order valence-corrected chi connectivity index (χ1v) is 8.50. The molecule has 1 heterocycles. The Balaban J connectivity index is 1.97. The van der Waals surface area contributed by atoms with E-state index in [4.69, 9.17) is 4.74 Å². The van der Waals surface area contributed by atoms with Gasteiger partial charge in [0.1, 0.15) is 18.1 Å². The summed E-state index contributed by atoms with van der Waals surface area (Å²) in [5.41, 5.74) is 2.27. The summed E-state index contributed by atoms with van der Waals surface area (Å²) in [5.74, 6) is 1.62. The molecule has 2 N–H and O–H groups in total. The number of aryl methyl sites for hydroxylation is 1. The van der Waals surface area contributed by atoms with Crippen molar-refractivity contribution in [1.82, 2.24) is 20.2 Å². The minimum absolute atomic E-state index is 0.0699. The molecule has 0 radical (unpaired) electrons. The lowest BCUT2D eigenvalue weighted by Crippen LogP contribution is -2.38. The predicted molar refractivity (Wildman–Crippen MR) is 97.7 cm³/mol. The van der Waals surface area contributed by atoms with Gasteiger partial charge in [-0.05, 0) is 31.9 Å². The Morgan fingerprint density at radius 2 is 2.15 bits per heavy atom. The van der Waals surface area contributed by atoms with E-state index in [0.717, 1.165) is 22.3 Å². The number of benzene rings is 1. The highest BCUT2D eigenvalue weighted by atomic mass is 19.3. The number of nitrogens with one attached hydrogen (secondary N) is 2. The highest BCUT2D eigenvalue weighted by Crippen LogP contribution is 2.19. The molecule has 0 aliphatic carbocycles. The molecule has 2 aromatic rings. The molecular weight excluding hydrogens is 340 g/mol. The van der Waals surface area contributed by atoms with Crippen molar-refractivity contribution >= 4 is 5.96 Å². The van der Waals surface area contributed by atoms with Crippen molar-refractivity contribution in [2.24, 2.45) is 4.99 Å². The molecule has 0 bridgehead atoms. The lowest BCUT2D eigenvalue weighted by atomic mass is 10.1. The van der Waals surface area contributed by atoms with Crippen LogP contribution < -0.4 is 15.4 Å². The van der Waals surface area contributed by atoms with Gasteiger partial charge in [-0.2, -0.15) is 8.78 Å². The van der Waals surface area contributed by atoms with E-state index in [2.05, 4.69) is 26.7 Å². The average molecular weight is 365 g/mol. The molecule has 1 aromatic carbocycles. The van der Waals surface area contributed by atoms with Crippen molar-refractivity contribution in [2.75, 3.05) is 20.2 Å². The number of hydrogen-bond donors (Lipinski definition) is 2. The van der Waals surface area contributed by atoms with Crippen LogP contribution in [0.1, 0.15) is 30.4 Å². The highest BCUT2D eigenvalue weighted by Gasteiger charge is 2.11. The zero-order valence-corrected chi connectivity index (χ0v) is 15.3. The van der Waals surface area contributed by atoms with E-state index >= 15 is 0 Å². The molecule has 0 unspecified atom stereocenters. The van der Waals surface area contributed by atoms with Crippen LogP contribution in [0.15, 0.2) is 35.6 Å². The molecule has 6 nitrogen and oxygen atoms in total. The number of rotatable bonds is 8. The zero-order valence-electron chi connectivity index (χ0n) is 15.3. The molecule has 142 valence electrons. The maximum atomic E-state index is 12.9. The Morgan fingerprint density at radius 3 is 2.85 bits per heavy atom. The van der Waals surface area contributed by atoms with Gasteiger partial charge in [0.05, 0.1) is 7.11 Å². The summed E-state index contributed by atoms with van der Waals surface area (Å²) in [5, 5.41) is 6.31. The molecule has 8 heteroatoms. The van der Waals surface area contributed by atoms with E-state index in [1.165, 1.54) is 18.0 Å². The summed E-state index contributed by atoms with van der Waals surface area (Å²) >= 11 is 0. The third kappa shape index (κ3) is 5.44. The summed E-state index contributed by atoms with van der Waals surface area (Å²) in [6.45, 7) is 2.73. The molecule has 0 aliphatic heterocycles. The van der Waals surface area contributed by atoms with Crippen LogP contribution in [0.4, 0.5) is 8.78 Å². The molecule has 0 aliphatic rings. The van der Waals surface area contributed by atoms with Crippen LogP contribution in [0.2, 0.25) is 0 Å². The van der Waals surface area contributed by atoms with Gasteiger partial charge < -0.3 is 15.4 Å². The second-order valence-corrected chi connectivity index (χ2v) is 5.72. The van der Waals surface area contributed by atoms with Crippen LogP contribution in [0.25, 0.3) is 0 Å². The second kappa shape index (κ2) is 9.74. The molecule has 0 amide bonds. The first-order valence-electron chi connectivity index (χ1n) is 8.50. The van der Waals surface area contributed by atoms with E-state index in [1.54, 1.807) is 7.11 Å². The largest absolute Gasteiger partial charge is 0.496 e. The SMILES string of the molecule is CCNC(=NCc1nccn1C(F)F)NCCc1cc(C)ccc1OC. The third-order valence-electron chi connectivity index (χ3n) is 3.80. The van der Waals surface area contributed by atoms with Crippen LogP contribution in [0, 0.1) is 6.92 Å². The number of imidazole rings is 1. The van der Waals surface area contributed by atoms with Gasteiger partial charge in [-0.25, -0.2) is 9.98 Å². The van der Waals surface area contributed by atoms with Crippen LogP contribution in [-0.4, -0.2) is 35.7 Å². The molecule has 1 aromatic heterocycles. The van der Waals surface area contributed by atoms with E-state index < -0.39 is 6.55 Å². The smallest absolute Gasteiger partial charge is 0.319 e. The van der Waals surface area contributed by atoms with Crippen molar-refractivity contribution in [1.29, 1.82) is 0 Å². The van der Waals surface area contributed by atoms with Gasteiger partial charge in [-0.1, -0.05) is 17.7 Å². The third-order valence-corrected chi connectivity index (χ3v) is 3.80. The summed E-state index contributed by atoms with van der Waals surface area (Å²) in [6.07, 6.45) is 3.35. The molecule has 2 rings (SSSR count). The first-order chi connectivity index (χ1) is 12.5. The van der Waals surface area contributed by atoms with Crippen molar-refractivity contribution in [3.8, 4) is 5.75 Å². The molecule has 0 spiro atoms. The Kier molecular flexibility index (Phi) is 7.37. The van der Waals surface area contributed by atoms with Gasteiger partial charge in [0.15, 0.2) is 5.96 Å². The normalized spacial score (nSPS) is 11.7. The minimum Gasteiger partial charge on any atom is -0.496 e. The molecule has 0 fully saturated rings. The summed E-state index contributed by atoms with van der Waals surface area (Å²) in [7, 11) is 1.65. The van der Waals surface area contributed by atoms with Gasteiger partial charge >= 0.3 is 6.55 Å². The monoisotopic (exact) mass is 365 g/mol. The lowest BCUT2D eigenvalue weighted by Gasteiger charge is -2.13. The van der Waals surface area contributed by atoms with Crippen molar-refractivity contribution in [3.63, 3.8) is 0 Å². The van der Waals surface area contributed by atoms with Gasteiger partial charge in [0.25, 0.3) is 0 Å². The topological polar surface area (TPSA) is 63.5 Å². The Bertz CT molecular complexity index is 730. The Labute approximate surface area is 152 Å². The number of alkyl halides is 2. The second-order valence-electron chi connectivity index (χ2n) is 5.72. The number of guanidine groups is 1. The van der Waals surface area contributed by atoms with Crippen LogP contribution >= 0.6 is 0 Å². The maximum Gasteiger partial charge on any atom is 0.319 e. The number of methoxy groups -OCH3 is 1. The Hall–Kier alpha value is -2.64.